The summed E-state index contributed by atoms with van der Waals surface area (Å²) in [6.07, 6.45) is 8.09. The van der Waals surface area contributed by atoms with Gasteiger partial charge in [-0.3, -0.25) is 0 Å². The molecule has 2 aromatic carbocycles. The molecular weight excluding hydrogens is 338 g/mol. The van der Waals surface area contributed by atoms with E-state index in [1.54, 1.807) is 12.1 Å². The molecule has 0 heterocycles. The minimum Gasteiger partial charge on any atom is -0.207 e. The third kappa shape index (κ3) is 4.97. The van der Waals surface area contributed by atoms with Crippen molar-refractivity contribution in [3.8, 4) is 0 Å². The van der Waals surface area contributed by atoms with Gasteiger partial charge in [0.2, 0.25) is 0 Å². The quantitative estimate of drug-likeness (QED) is 0.495. The van der Waals surface area contributed by atoms with Crippen molar-refractivity contribution in [1.29, 1.82) is 0 Å². The van der Waals surface area contributed by atoms with Crippen LogP contribution in [0.4, 0.5) is 8.78 Å². The number of aryl methyl sites for hydroxylation is 3. The van der Waals surface area contributed by atoms with Crippen LogP contribution in [0.3, 0.4) is 0 Å². The van der Waals surface area contributed by atoms with E-state index in [4.69, 9.17) is 0 Å². The van der Waals surface area contributed by atoms with Crippen molar-refractivity contribution >= 4 is 0 Å². The molecule has 0 radical (unpaired) electrons. The summed E-state index contributed by atoms with van der Waals surface area (Å²) in [5, 5.41) is 0. The Morgan fingerprint density at radius 3 is 2.15 bits per heavy atom. The van der Waals surface area contributed by atoms with Crippen LogP contribution in [0, 0.1) is 31.4 Å². The predicted octanol–water partition coefficient (Wildman–Crippen LogP) is 7.44. The Bertz CT molecular complexity index is 747. The number of hydrogen-bond donors (Lipinski definition) is 0. The lowest BCUT2D eigenvalue weighted by atomic mass is 9.77. The molecule has 1 aliphatic carbocycles. The zero-order valence-electron chi connectivity index (χ0n) is 17.0. The van der Waals surface area contributed by atoms with Crippen molar-refractivity contribution in [3.63, 3.8) is 0 Å². The first-order valence-electron chi connectivity index (χ1n) is 10.5. The predicted molar refractivity (Wildman–Crippen MR) is 109 cm³/mol. The van der Waals surface area contributed by atoms with Gasteiger partial charge in [0.05, 0.1) is 0 Å². The molecule has 0 atom stereocenters. The van der Waals surface area contributed by atoms with Gasteiger partial charge in [0.25, 0.3) is 0 Å². The Balaban J connectivity index is 1.68. The monoisotopic (exact) mass is 370 g/mol. The fourth-order valence-electron chi connectivity index (χ4n) is 4.68. The van der Waals surface area contributed by atoms with Crippen LogP contribution in [0.1, 0.15) is 79.2 Å². The molecule has 3 rings (SSSR count). The van der Waals surface area contributed by atoms with Crippen LogP contribution < -0.4 is 0 Å². The molecule has 1 fully saturated rings. The van der Waals surface area contributed by atoms with Crippen molar-refractivity contribution < 1.29 is 8.78 Å². The van der Waals surface area contributed by atoms with Crippen molar-refractivity contribution in [2.45, 2.75) is 78.1 Å². The Kier molecular flexibility index (Phi) is 6.68. The van der Waals surface area contributed by atoms with Gasteiger partial charge in [-0.05, 0) is 93.0 Å². The van der Waals surface area contributed by atoms with Gasteiger partial charge in [0, 0.05) is 5.56 Å². The first-order chi connectivity index (χ1) is 13.0. The second-order valence-electron chi connectivity index (χ2n) is 8.40. The molecule has 0 aliphatic heterocycles. The molecule has 27 heavy (non-hydrogen) atoms. The topological polar surface area (TPSA) is 0 Å². The van der Waals surface area contributed by atoms with Crippen LogP contribution in [-0.4, -0.2) is 0 Å². The van der Waals surface area contributed by atoms with Crippen LogP contribution in [0.25, 0.3) is 0 Å². The lowest BCUT2D eigenvalue weighted by molar-refractivity contribution is 0.307. The van der Waals surface area contributed by atoms with Crippen molar-refractivity contribution in [3.05, 3.63) is 69.8 Å². The SMILES string of the molecule is CCCC1CCC(c2cc(F)c(CCc3ccc(C)cc3C)c(F)c2)CC1. The zero-order valence-corrected chi connectivity index (χ0v) is 17.0. The average molecular weight is 371 g/mol. The molecule has 2 heteroatoms. The van der Waals surface area contributed by atoms with E-state index in [0.717, 1.165) is 29.9 Å². The summed E-state index contributed by atoms with van der Waals surface area (Å²) in [5.41, 5.74) is 4.66. The molecule has 1 saturated carbocycles. The number of benzene rings is 2. The Morgan fingerprint density at radius 2 is 1.56 bits per heavy atom. The number of hydrogen-bond acceptors (Lipinski definition) is 0. The highest BCUT2D eigenvalue weighted by Gasteiger charge is 2.23. The lowest BCUT2D eigenvalue weighted by Gasteiger charge is -2.29. The van der Waals surface area contributed by atoms with Gasteiger partial charge in [-0.2, -0.15) is 0 Å². The molecule has 0 N–H and O–H groups in total. The fraction of sp³-hybridized carbons (Fsp3) is 0.520. The van der Waals surface area contributed by atoms with Gasteiger partial charge in [-0.15, -0.1) is 0 Å². The van der Waals surface area contributed by atoms with Gasteiger partial charge in [-0.1, -0.05) is 43.5 Å². The summed E-state index contributed by atoms with van der Waals surface area (Å²) < 4.78 is 29.4. The van der Waals surface area contributed by atoms with E-state index < -0.39 is 0 Å². The normalized spacial score (nSPS) is 20.0. The molecule has 0 amide bonds. The first kappa shape index (κ1) is 20.0. The smallest absolute Gasteiger partial charge is 0.129 e. The molecule has 0 spiro atoms. The minimum absolute atomic E-state index is 0.235. The Labute approximate surface area is 163 Å². The Hall–Kier alpha value is -1.70. The Morgan fingerprint density at radius 1 is 0.889 bits per heavy atom. The summed E-state index contributed by atoms with van der Waals surface area (Å²) >= 11 is 0. The largest absolute Gasteiger partial charge is 0.207 e. The van der Waals surface area contributed by atoms with E-state index in [0.29, 0.717) is 18.8 Å². The maximum atomic E-state index is 14.7. The van der Waals surface area contributed by atoms with Crippen LogP contribution in [-0.2, 0) is 12.8 Å². The summed E-state index contributed by atoms with van der Waals surface area (Å²) in [5.74, 6) is 0.379. The molecule has 1 aliphatic rings. The van der Waals surface area contributed by atoms with Gasteiger partial charge in [-0.25, -0.2) is 8.78 Å². The second-order valence-corrected chi connectivity index (χ2v) is 8.40. The van der Waals surface area contributed by atoms with Crippen molar-refractivity contribution in [2.24, 2.45) is 5.92 Å². The lowest BCUT2D eigenvalue weighted by Crippen LogP contribution is -2.14. The first-order valence-corrected chi connectivity index (χ1v) is 10.5. The van der Waals surface area contributed by atoms with Gasteiger partial charge in [0.15, 0.2) is 0 Å². The second kappa shape index (κ2) is 8.99. The highest BCUT2D eigenvalue weighted by molar-refractivity contribution is 5.33. The third-order valence-corrected chi connectivity index (χ3v) is 6.32. The molecule has 0 aromatic heterocycles. The van der Waals surface area contributed by atoms with Crippen molar-refractivity contribution in [1.82, 2.24) is 0 Å². The maximum Gasteiger partial charge on any atom is 0.129 e. The highest BCUT2D eigenvalue weighted by atomic mass is 19.1. The third-order valence-electron chi connectivity index (χ3n) is 6.32. The molecular formula is C25H32F2. The van der Waals surface area contributed by atoms with Crippen LogP contribution in [0.5, 0.6) is 0 Å². The maximum absolute atomic E-state index is 14.7. The van der Waals surface area contributed by atoms with Crippen LogP contribution in [0.15, 0.2) is 30.3 Å². The van der Waals surface area contributed by atoms with Crippen molar-refractivity contribution in [2.75, 3.05) is 0 Å². The van der Waals surface area contributed by atoms with Gasteiger partial charge >= 0.3 is 0 Å². The van der Waals surface area contributed by atoms with E-state index in [9.17, 15) is 8.78 Å². The molecule has 0 unspecified atom stereocenters. The molecule has 0 bridgehead atoms. The van der Waals surface area contributed by atoms with Gasteiger partial charge < -0.3 is 0 Å². The van der Waals surface area contributed by atoms with Crippen LogP contribution in [0.2, 0.25) is 0 Å². The number of rotatable bonds is 6. The molecule has 0 nitrogen and oxygen atoms in total. The molecule has 2 aromatic rings. The van der Waals surface area contributed by atoms with E-state index in [2.05, 4.69) is 39.0 Å². The summed E-state index contributed by atoms with van der Waals surface area (Å²) in [6.45, 7) is 6.35. The van der Waals surface area contributed by atoms with Gasteiger partial charge in [0.1, 0.15) is 11.6 Å². The highest BCUT2D eigenvalue weighted by Crippen LogP contribution is 2.38. The minimum atomic E-state index is -0.370. The standard InChI is InChI=1S/C25H32F2/c1-4-5-19-7-10-21(11-8-19)22-15-24(26)23(25(27)16-22)13-12-20-9-6-17(2)14-18(20)3/h6,9,14-16,19,21H,4-5,7-8,10-13H2,1-3H3. The van der Waals surface area contributed by atoms with E-state index in [1.807, 2.05) is 0 Å². The van der Waals surface area contributed by atoms with E-state index in [-0.39, 0.29) is 17.2 Å². The van der Waals surface area contributed by atoms with E-state index >= 15 is 0 Å². The molecule has 146 valence electrons. The zero-order chi connectivity index (χ0) is 19.4. The summed E-state index contributed by atoms with van der Waals surface area (Å²) in [7, 11) is 0. The fourth-order valence-corrected chi connectivity index (χ4v) is 4.68. The summed E-state index contributed by atoms with van der Waals surface area (Å²) in [4.78, 5) is 0. The molecule has 0 saturated heterocycles. The van der Waals surface area contributed by atoms with E-state index in [1.165, 1.54) is 36.8 Å². The number of halogens is 2. The van der Waals surface area contributed by atoms with Crippen LogP contribution >= 0.6 is 0 Å². The average Bonchev–Trinajstić information content (AvgIpc) is 2.63. The summed E-state index contributed by atoms with van der Waals surface area (Å²) in [6, 6.07) is 9.47.